The van der Waals surface area contributed by atoms with Gasteiger partial charge in [0.25, 0.3) is 5.91 Å². The molecule has 0 radical (unpaired) electrons. The molecule has 1 aliphatic carbocycles. The van der Waals surface area contributed by atoms with Gasteiger partial charge in [0.2, 0.25) is 0 Å². The van der Waals surface area contributed by atoms with Crippen LogP contribution in [0.3, 0.4) is 0 Å². The number of rotatable bonds is 5. The zero-order valence-corrected chi connectivity index (χ0v) is 14.4. The molecule has 2 aromatic heterocycles. The second-order valence-electron chi connectivity index (χ2n) is 6.82. The molecule has 7 heteroatoms. The van der Waals surface area contributed by atoms with E-state index in [0.29, 0.717) is 18.2 Å². The summed E-state index contributed by atoms with van der Waals surface area (Å²) in [7, 11) is 0. The van der Waals surface area contributed by atoms with Crippen LogP contribution in [0.2, 0.25) is 0 Å². The van der Waals surface area contributed by atoms with Crippen molar-refractivity contribution in [3.05, 3.63) is 41.3 Å². The molecule has 4 rings (SSSR count). The van der Waals surface area contributed by atoms with Crippen molar-refractivity contribution in [2.75, 3.05) is 24.6 Å². The highest BCUT2D eigenvalue weighted by Gasteiger charge is 2.26. The summed E-state index contributed by atoms with van der Waals surface area (Å²) in [6.45, 7) is 4.95. The molecular formula is C18H23N5O2. The molecule has 132 valence electrons. The summed E-state index contributed by atoms with van der Waals surface area (Å²) in [5.74, 6) is 1.36. The summed E-state index contributed by atoms with van der Waals surface area (Å²) < 4.78 is 5.56. The first-order valence-corrected chi connectivity index (χ1v) is 8.84. The van der Waals surface area contributed by atoms with Crippen molar-refractivity contribution in [1.82, 2.24) is 20.5 Å². The van der Waals surface area contributed by atoms with Gasteiger partial charge in [-0.15, -0.1) is 0 Å². The largest absolute Gasteiger partial charge is 0.375 e. The van der Waals surface area contributed by atoms with Crippen molar-refractivity contribution in [2.24, 2.45) is 0 Å². The summed E-state index contributed by atoms with van der Waals surface area (Å²) in [4.78, 5) is 18.9. The van der Waals surface area contributed by atoms with Crippen LogP contribution in [0.15, 0.2) is 24.4 Å². The van der Waals surface area contributed by atoms with Crippen molar-refractivity contribution in [3.63, 3.8) is 0 Å². The van der Waals surface area contributed by atoms with Crippen LogP contribution in [-0.2, 0) is 11.3 Å². The van der Waals surface area contributed by atoms with E-state index < -0.39 is 0 Å². The first kappa shape index (κ1) is 16.1. The number of hydrogen-bond donors (Lipinski definition) is 2. The molecule has 2 N–H and O–H groups in total. The van der Waals surface area contributed by atoms with Crippen molar-refractivity contribution in [2.45, 2.75) is 38.3 Å². The minimum Gasteiger partial charge on any atom is -0.375 e. The number of nitrogens with zero attached hydrogens (tertiary/aromatic N) is 3. The molecule has 0 spiro atoms. The van der Waals surface area contributed by atoms with E-state index >= 15 is 0 Å². The molecule has 3 heterocycles. The lowest BCUT2D eigenvalue weighted by Crippen LogP contribution is -2.41. The zero-order chi connectivity index (χ0) is 17.2. The average Bonchev–Trinajstić information content (AvgIpc) is 3.37. The lowest BCUT2D eigenvalue weighted by molar-refractivity contribution is 0.0529. The molecule has 1 atom stereocenters. The number of morpholine rings is 1. The van der Waals surface area contributed by atoms with Crippen LogP contribution in [-0.4, -0.2) is 46.9 Å². The highest BCUT2D eigenvalue weighted by molar-refractivity contribution is 5.92. The number of carbonyl (C=O) groups is 1. The Balaban J connectivity index is 1.32. The third kappa shape index (κ3) is 3.82. The van der Waals surface area contributed by atoms with Gasteiger partial charge in [-0.2, -0.15) is 5.10 Å². The van der Waals surface area contributed by atoms with Gasteiger partial charge in [0.1, 0.15) is 11.5 Å². The molecule has 2 aromatic rings. The third-order valence-corrected chi connectivity index (χ3v) is 4.67. The fourth-order valence-corrected chi connectivity index (χ4v) is 3.06. The quantitative estimate of drug-likeness (QED) is 0.867. The normalized spacial score (nSPS) is 20.5. The van der Waals surface area contributed by atoms with E-state index in [4.69, 9.17) is 4.74 Å². The Morgan fingerprint density at radius 3 is 3.04 bits per heavy atom. The van der Waals surface area contributed by atoms with Gasteiger partial charge in [-0.25, -0.2) is 4.98 Å². The number of nitrogens with one attached hydrogen (secondary N) is 2. The molecule has 1 amide bonds. The summed E-state index contributed by atoms with van der Waals surface area (Å²) in [6, 6.07) is 5.86. The monoisotopic (exact) mass is 341 g/mol. The minimum absolute atomic E-state index is 0.158. The van der Waals surface area contributed by atoms with Crippen molar-refractivity contribution < 1.29 is 9.53 Å². The van der Waals surface area contributed by atoms with Gasteiger partial charge in [-0.05, 0) is 37.5 Å². The summed E-state index contributed by atoms with van der Waals surface area (Å²) >= 11 is 0. The number of H-pyrrole nitrogens is 1. The summed E-state index contributed by atoms with van der Waals surface area (Å²) in [6.07, 6.45) is 4.41. The zero-order valence-electron chi connectivity index (χ0n) is 14.4. The van der Waals surface area contributed by atoms with E-state index in [0.717, 1.165) is 36.8 Å². The minimum atomic E-state index is -0.158. The second kappa shape index (κ2) is 6.84. The Morgan fingerprint density at radius 2 is 2.32 bits per heavy atom. The van der Waals surface area contributed by atoms with Crippen molar-refractivity contribution in [1.29, 1.82) is 0 Å². The lowest BCUT2D eigenvalue weighted by atomic mass is 10.2. The maximum atomic E-state index is 12.2. The number of pyridine rings is 1. The molecule has 2 aliphatic rings. The van der Waals surface area contributed by atoms with Gasteiger partial charge in [0.05, 0.1) is 12.7 Å². The highest BCUT2D eigenvalue weighted by Crippen LogP contribution is 2.38. The second-order valence-corrected chi connectivity index (χ2v) is 6.82. The standard InChI is InChI=1S/C18H23N5O2/c1-12-11-23(6-7-25-12)17-5-2-13(9-19-17)10-20-18(24)16-8-15(21-22-16)14-3-4-14/h2,5,8-9,12,14H,3-4,6-7,10-11H2,1H3,(H,20,24)(H,21,22)/t12-/m0/s1. The van der Waals surface area contributed by atoms with E-state index in [2.05, 4.69) is 32.3 Å². The summed E-state index contributed by atoms with van der Waals surface area (Å²) in [5.41, 5.74) is 2.49. The van der Waals surface area contributed by atoms with Crippen molar-refractivity contribution in [3.8, 4) is 0 Å². The molecule has 7 nitrogen and oxygen atoms in total. The Bertz CT molecular complexity index is 738. The van der Waals surface area contributed by atoms with Crippen LogP contribution in [0.25, 0.3) is 0 Å². The first-order chi connectivity index (χ1) is 12.2. The number of amides is 1. The lowest BCUT2D eigenvalue weighted by Gasteiger charge is -2.32. The van der Waals surface area contributed by atoms with E-state index in [-0.39, 0.29) is 12.0 Å². The maximum Gasteiger partial charge on any atom is 0.272 e. The van der Waals surface area contributed by atoms with Crippen LogP contribution < -0.4 is 10.2 Å². The average molecular weight is 341 g/mol. The van der Waals surface area contributed by atoms with Gasteiger partial charge in [0, 0.05) is 37.4 Å². The number of aromatic amines is 1. The number of carbonyl (C=O) groups excluding carboxylic acids is 1. The molecule has 25 heavy (non-hydrogen) atoms. The van der Waals surface area contributed by atoms with Gasteiger partial charge < -0.3 is 15.0 Å². The van der Waals surface area contributed by atoms with Crippen LogP contribution in [0.4, 0.5) is 5.82 Å². The van der Waals surface area contributed by atoms with E-state index in [1.165, 1.54) is 12.8 Å². The number of anilines is 1. The predicted molar refractivity (Wildman–Crippen MR) is 93.6 cm³/mol. The van der Waals surface area contributed by atoms with Gasteiger partial charge in [-0.1, -0.05) is 6.07 Å². The van der Waals surface area contributed by atoms with Gasteiger partial charge in [-0.3, -0.25) is 9.89 Å². The van der Waals surface area contributed by atoms with Crippen LogP contribution in [0.5, 0.6) is 0 Å². The van der Waals surface area contributed by atoms with Crippen LogP contribution in [0.1, 0.15) is 47.4 Å². The molecule has 0 bridgehead atoms. The number of ether oxygens (including phenoxy) is 1. The smallest absolute Gasteiger partial charge is 0.272 e. The number of aromatic nitrogens is 3. The molecule has 2 fully saturated rings. The molecule has 0 unspecified atom stereocenters. The predicted octanol–water partition coefficient (Wildman–Crippen LogP) is 1.84. The van der Waals surface area contributed by atoms with Gasteiger partial charge >= 0.3 is 0 Å². The topological polar surface area (TPSA) is 83.1 Å². The van der Waals surface area contributed by atoms with Crippen LogP contribution >= 0.6 is 0 Å². The Kier molecular flexibility index (Phi) is 4.40. The molecule has 1 saturated heterocycles. The first-order valence-electron chi connectivity index (χ1n) is 8.84. The van der Waals surface area contributed by atoms with Crippen LogP contribution in [0, 0.1) is 0 Å². The number of hydrogen-bond acceptors (Lipinski definition) is 5. The SMILES string of the molecule is C[C@H]1CN(c2ccc(CNC(=O)c3cc(C4CC4)[nH]n3)cn2)CCO1. The van der Waals surface area contributed by atoms with E-state index in [9.17, 15) is 4.79 Å². The van der Waals surface area contributed by atoms with E-state index in [1.807, 2.05) is 24.4 Å². The maximum absolute atomic E-state index is 12.2. The molecule has 0 aromatic carbocycles. The van der Waals surface area contributed by atoms with Gasteiger partial charge in [0.15, 0.2) is 0 Å². The fraction of sp³-hybridized carbons (Fsp3) is 0.500. The van der Waals surface area contributed by atoms with Crippen molar-refractivity contribution >= 4 is 11.7 Å². The fourth-order valence-electron chi connectivity index (χ4n) is 3.06. The Labute approximate surface area is 146 Å². The highest BCUT2D eigenvalue weighted by atomic mass is 16.5. The molecule has 1 aliphatic heterocycles. The summed E-state index contributed by atoms with van der Waals surface area (Å²) in [5, 5.41) is 9.95. The molecular weight excluding hydrogens is 318 g/mol. The Morgan fingerprint density at radius 1 is 1.44 bits per heavy atom. The molecule has 1 saturated carbocycles. The Hall–Kier alpha value is -2.41. The third-order valence-electron chi connectivity index (χ3n) is 4.67. The van der Waals surface area contributed by atoms with E-state index in [1.54, 1.807) is 0 Å².